The van der Waals surface area contributed by atoms with Crippen LogP contribution < -0.4 is 10.6 Å². The van der Waals surface area contributed by atoms with Crippen molar-refractivity contribution >= 4 is 11.6 Å². The Morgan fingerprint density at radius 2 is 1.85 bits per heavy atom. The summed E-state index contributed by atoms with van der Waals surface area (Å²) in [5.74, 6) is -0.00606. The molecule has 0 aromatic heterocycles. The van der Waals surface area contributed by atoms with Crippen molar-refractivity contribution in [3.05, 3.63) is 65.2 Å². The van der Waals surface area contributed by atoms with Crippen molar-refractivity contribution < 1.29 is 4.79 Å². The Morgan fingerprint density at radius 1 is 1.10 bits per heavy atom. The first kappa shape index (κ1) is 14.3. The lowest BCUT2D eigenvalue weighted by Gasteiger charge is -2.24. The number of hydrogen-bond acceptors (Lipinski definition) is 2. The highest BCUT2D eigenvalue weighted by molar-refractivity contribution is 6.06. The zero-order valence-electron chi connectivity index (χ0n) is 12.0. The Hall–Kier alpha value is -2.13. The van der Waals surface area contributed by atoms with Gasteiger partial charge >= 0.3 is 0 Å². The molecule has 2 N–H and O–H groups in total. The van der Waals surface area contributed by atoms with E-state index in [9.17, 15) is 4.79 Å². The number of anilines is 1. The third kappa shape index (κ3) is 3.06. The lowest BCUT2D eigenvalue weighted by molar-refractivity contribution is 0.0987. The third-order valence-corrected chi connectivity index (χ3v) is 3.27. The van der Waals surface area contributed by atoms with Gasteiger partial charge in [-0.2, -0.15) is 0 Å². The lowest BCUT2D eigenvalue weighted by Crippen LogP contribution is -2.35. The van der Waals surface area contributed by atoms with Crippen molar-refractivity contribution in [2.24, 2.45) is 5.73 Å². The van der Waals surface area contributed by atoms with Crippen LogP contribution in [0, 0.1) is 13.8 Å². The van der Waals surface area contributed by atoms with Gasteiger partial charge in [-0.05, 0) is 37.6 Å². The fourth-order valence-corrected chi connectivity index (χ4v) is 2.26. The van der Waals surface area contributed by atoms with E-state index in [1.54, 1.807) is 4.90 Å². The molecule has 20 heavy (non-hydrogen) atoms. The highest BCUT2D eigenvalue weighted by Gasteiger charge is 2.18. The number of para-hydroxylation sites is 1. The van der Waals surface area contributed by atoms with E-state index in [4.69, 9.17) is 5.73 Å². The van der Waals surface area contributed by atoms with Gasteiger partial charge in [0.25, 0.3) is 5.91 Å². The maximum atomic E-state index is 12.7. The summed E-state index contributed by atoms with van der Waals surface area (Å²) >= 11 is 0. The molecule has 0 fully saturated rings. The second-order valence-corrected chi connectivity index (χ2v) is 4.90. The molecule has 3 nitrogen and oxygen atoms in total. The molecule has 0 saturated carbocycles. The number of carbonyl (C=O) groups excluding carboxylic acids is 1. The van der Waals surface area contributed by atoms with Crippen LogP contribution in [0.2, 0.25) is 0 Å². The molecule has 0 aliphatic carbocycles. The van der Waals surface area contributed by atoms with Crippen LogP contribution in [0.1, 0.15) is 21.5 Å². The van der Waals surface area contributed by atoms with Gasteiger partial charge in [0.15, 0.2) is 0 Å². The Morgan fingerprint density at radius 3 is 2.50 bits per heavy atom. The lowest BCUT2D eigenvalue weighted by atomic mass is 10.1. The van der Waals surface area contributed by atoms with E-state index in [-0.39, 0.29) is 5.91 Å². The number of benzene rings is 2. The molecular formula is C17H20N2O. The van der Waals surface area contributed by atoms with E-state index < -0.39 is 0 Å². The van der Waals surface area contributed by atoms with Gasteiger partial charge in [0, 0.05) is 24.3 Å². The first-order valence-electron chi connectivity index (χ1n) is 6.77. The first-order valence-corrected chi connectivity index (χ1v) is 6.77. The Kier molecular flexibility index (Phi) is 4.53. The van der Waals surface area contributed by atoms with E-state index in [0.717, 1.165) is 16.8 Å². The van der Waals surface area contributed by atoms with Crippen LogP contribution in [0.15, 0.2) is 48.5 Å². The summed E-state index contributed by atoms with van der Waals surface area (Å²) < 4.78 is 0. The molecule has 0 radical (unpaired) electrons. The average molecular weight is 268 g/mol. The van der Waals surface area contributed by atoms with Gasteiger partial charge in [0.2, 0.25) is 0 Å². The van der Waals surface area contributed by atoms with Gasteiger partial charge < -0.3 is 10.6 Å². The molecule has 0 spiro atoms. The minimum atomic E-state index is -0.00606. The summed E-state index contributed by atoms with van der Waals surface area (Å²) in [7, 11) is 0. The standard InChI is InChI=1S/C17H20N2O/c1-13-6-5-8-15(12-13)17(20)19(11-10-18)16-9-4-3-7-14(16)2/h3-9,12H,10-11,18H2,1-2H3. The fourth-order valence-electron chi connectivity index (χ4n) is 2.26. The molecule has 0 saturated heterocycles. The molecule has 0 heterocycles. The molecule has 0 aliphatic rings. The molecular weight excluding hydrogens is 248 g/mol. The largest absolute Gasteiger partial charge is 0.329 e. The molecule has 2 aromatic carbocycles. The van der Waals surface area contributed by atoms with Crippen LogP contribution in [0.4, 0.5) is 5.69 Å². The maximum Gasteiger partial charge on any atom is 0.258 e. The summed E-state index contributed by atoms with van der Waals surface area (Å²) in [5.41, 5.74) is 9.43. The van der Waals surface area contributed by atoms with E-state index in [0.29, 0.717) is 18.7 Å². The smallest absolute Gasteiger partial charge is 0.258 e. The summed E-state index contributed by atoms with van der Waals surface area (Å²) in [6, 6.07) is 15.5. The second kappa shape index (κ2) is 6.35. The minimum Gasteiger partial charge on any atom is -0.329 e. The number of carbonyl (C=O) groups is 1. The molecule has 0 unspecified atom stereocenters. The highest BCUT2D eigenvalue weighted by Crippen LogP contribution is 2.21. The number of amides is 1. The van der Waals surface area contributed by atoms with Crippen molar-refractivity contribution in [3.63, 3.8) is 0 Å². The molecule has 0 bridgehead atoms. The zero-order chi connectivity index (χ0) is 14.5. The normalized spacial score (nSPS) is 10.3. The molecule has 1 amide bonds. The van der Waals surface area contributed by atoms with Gasteiger partial charge in [-0.25, -0.2) is 0 Å². The predicted octanol–water partition coefficient (Wildman–Crippen LogP) is 2.91. The predicted molar refractivity (Wildman–Crippen MR) is 83.1 cm³/mol. The van der Waals surface area contributed by atoms with E-state index in [1.807, 2.05) is 62.4 Å². The Bertz CT molecular complexity index is 607. The van der Waals surface area contributed by atoms with Crippen molar-refractivity contribution in [3.8, 4) is 0 Å². The van der Waals surface area contributed by atoms with Crippen molar-refractivity contribution in [1.82, 2.24) is 0 Å². The number of aryl methyl sites for hydroxylation is 2. The molecule has 3 heteroatoms. The number of rotatable bonds is 4. The number of hydrogen-bond donors (Lipinski definition) is 1. The first-order chi connectivity index (χ1) is 9.63. The molecule has 104 valence electrons. The molecule has 2 aromatic rings. The molecule has 0 aliphatic heterocycles. The van der Waals surface area contributed by atoms with Crippen LogP contribution in [0.5, 0.6) is 0 Å². The van der Waals surface area contributed by atoms with Gasteiger partial charge in [-0.1, -0.05) is 35.9 Å². The zero-order valence-corrected chi connectivity index (χ0v) is 12.0. The van der Waals surface area contributed by atoms with E-state index in [1.165, 1.54) is 0 Å². The fraction of sp³-hybridized carbons (Fsp3) is 0.235. The van der Waals surface area contributed by atoms with Crippen LogP contribution in [0.3, 0.4) is 0 Å². The average Bonchev–Trinajstić information content (AvgIpc) is 2.45. The van der Waals surface area contributed by atoms with Crippen LogP contribution in [0.25, 0.3) is 0 Å². The van der Waals surface area contributed by atoms with Crippen LogP contribution in [-0.2, 0) is 0 Å². The summed E-state index contributed by atoms with van der Waals surface area (Å²) in [4.78, 5) is 14.5. The van der Waals surface area contributed by atoms with Crippen molar-refractivity contribution in [2.45, 2.75) is 13.8 Å². The van der Waals surface area contributed by atoms with Gasteiger partial charge in [0.1, 0.15) is 0 Å². The van der Waals surface area contributed by atoms with Crippen molar-refractivity contribution in [2.75, 3.05) is 18.0 Å². The van der Waals surface area contributed by atoms with E-state index in [2.05, 4.69) is 0 Å². The summed E-state index contributed by atoms with van der Waals surface area (Å²) in [6.45, 7) is 4.93. The highest BCUT2D eigenvalue weighted by atomic mass is 16.2. The molecule has 2 rings (SSSR count). The SMILES string of the molecule is Cc1cccc(C(=O)N(CCN)c2ccccc2C)c1. The van der Waals surface area contributed by atoms with E-state index >= 15 is 0 Å². The number of nitrogens with two attached hydrogens (primary N) is 1. The van der Waals surface area contributed by atoms with Gasteiger partial charge in [0.05, 0.1) is 0 Å². The Balaban J connectivity index is 2.39. The quantitative estimate of drug-likeness (QED) is 0.926. The monoisotopic (exact) mass is 268 g/mol. The Labute approximate surface area is 120 Å². The summed E-state index contributed by atoms with van der Waals surface area (Å²) in [6.07, 6.45) is 0. The van der Waals surface area contributed by atoms with Crippen molar-refractivity contribution in [1.29, 1.82) is 0 Å². The van der Waals surface area contributed by atoms with Crippen LogP contribution in [-0.4, -0.2) is 19.0 Å². The molecule has 0 atom stereocenters. The second-order valence-electron chi connectivity index (χ2n) is 4.90. The van der Waals surface area contributed by atoms with Crippen LogP contribution >= 0.6 is 0 Å². The summed E-state index contributed by atoms with van der Waals surface area (Å²) in [5, 5.41) is 0. The number of nitrogens with zero attached hydrogens (tertiary/aromatic N) is 1. The maximum absolute atomic E-state index is 12.7. The minimum absolute atomic E-state index is 0.00606. The van der Waals surface area contributed by atoms with Gasteiger partial charge in [-0.3, -0.25) is 4.79 Å². The third-order valence-electron chi connectivity index (χ3n) is 3.27. The topological polar surface area (TPSA) is 46.3 Å². The van der Waals surface area contributed by atoms with Gasteiger partial charge in [-0.15, -0.1) is 0 Å².